The fourth-order valence-corrected chi connectivity index (χ4v) is 3.20. The number of hydrogen-bond donors (Lipinski definition) is 0. The van der Waals surface area contributed by atoms with Crippen molar-refractivity contribution in [2.45, 2.75) is 45.6 Å². The highest BCUT2D eigenvalue weighted by molar-refractivity contribution is 5.82. The fourth-order valence-electron chi connectivity index (χ4n) is 3.20. The molecule has 1 aliphatic carbocycles. The summed E-state index contributed by atoms with van der Waals surface area (Å²) in [6, 6.07) is 16.5. The monoisotopic (exact) mass is 308 g/mol. The third-order valence-electron chi connectivity index (χ3n) is 4.63. The van der Waals surface area contributed by atoms with Crippen molar-refractivity contribution in [3.8, 4) is 5.75 Å². The molecule has 0 aliphatic heterocycles. The molecule has 0 spiro atoms. The zero-order valence-corrected chi connectivity index (χ0v) is 13.8. The van der Waals surface area contributed by atoms with E-state index in [1.54, 1.807) is 0 Å². The van der Waals surface area contributed by atoms with Crippen LogP contribution in [-0.2, 0) is 17.8 Å². The van der Waals surface area contributed by atoms with Crippen molar-refractivity contribution in [2.75, 3.05) is 0 Å². The topological polar surface area (TPSA) is 26.3 Å². The van der Waals surface area contributed by atoms with Gasteiger partial charge in [-0.15, -0.1) is 0 Å². The Morgan fingerprint density at radius 1 is 1.04 bits per heavy atom. The number of rotatable bonds is 5. The lowest BCUT2D eigenvalue weighted by Crippen LogP contribution is -2.21. The molecule has 2 nitrogen and oxygen atoms in total. The SMILES string of the molecule is Cc1ccc(COc2ccccc2CC2CCCCC2=O)cc1. The zero-order valence-electron chi connectivity index (χ0n) is 13.8. The van der Waals surface area contributed by atoms with Crippen molar-refractivity contribution < 1.29 is 9.53 Å². The van der Waals surface area contributed by atoms with Gasteiger partial charge in [-0.2, -0.15) is 0 Å². The molecule has 0 saturated heterocycles. The number of Topliss-reactive ketones (excluding diaryl/α,β-unsaturated/α-hetero) is 1. The molecule has 2 aromatic rings. The number of carbonyl (C=O) groups excluding carboxylic acids is 1. The Morgan fingerprint density at radius 2 is 1.83 bits per heavy atom. The number of carbonyl (C=O) groups is 1. The number of aryl methyl sites for hydroxylation is 1. The highest BCUT2D eigenvalue weighted by Crippen LogP contribution is 2.28. The van der Waals surface area contributed by atoms with E-state index in [1.807, 2.05) is 18.2 Å². The Balaban J connectivity index is 1.67. The van der Waals surface area contributed by atoms with E-state index >= 15 is 0 Å². The van der Waals surface area contributed by atoms with Gasteiger partial charge in [0.15, 0.2) is 0 Å². The minimum atomic E-state index is 0.174. The first-order chi connectivity index (χ1) is 11.2. The molecule has 0 aromatic heterocycles. The Labute approximate surface area is 138 Å². The number of ether oxygens (including phenoxy) is 1. The van der Waals surface area contributed by atoms with Crippen LogP contribution in [-0.4, -0.2) is 5.78 Å². The molecule has 2 heteroatoms. The highest BCUT2D eigenvalue weighted by Gasteiger charge is 2.23. The van der Waals surface area contributed by atoms with Gasteiger partial charge in [0.05, 0.1) is 0 Å². The van der Waals surface area contributed by atoms with E-state index < -0.39 is 0 Å². The lowest BCUT2D eigenvalue weighted by Gasteiger charge is -2.21. The Kier molecular flexibility index (Phi) is 5.12. The van der Waals surface area contributed by atoms with E-state index in [0.717, 1.165) is 37.0 Å². The van der Waals surface area contributed by atoms with Crippen LogP contribution in [0.1, 0.15) is 42.4 Å². The average Bonchev–Trinajstić information content (AvgIpc) is 2.57. The molecule has 1 aliphatic rings. The normalized spacial score (nSPS) is 18.0. The van der Waals surface area contributed by atoms with Crippen molar-refractivity contribution in [1.29, 1.82) is 0 Å². The van der Waals surface area contributed by atoms with E-state index in [0.29, 0.717) is 12.4 Å². The molecule has 120 valence electrons. The smallest absolute Gasteiger partial charge is 0.136 e. The van der Waals surface area contributed by atoms with Crippen molar-refractivity contribution in [3.05, 3.63) is 65.2 Å². The first-order valence-corrected chi connectivity index (χ1v) is 8.51. The quantitative estimate of drug-likeness (QED) is 0.787. The second-order valence-electron chi connectivity index (χ2n) is 6.50. The maximum atomic E-state index is 12.1. The van der Waals surface area contributed by atoms with Gasteiger partial charge in [0.1, 0.15) is 18.1 Å². The van der Waals surface area contributed by atoms with Gasteiger partial charge in [-0.1, -0.05) is 54.4 Å². The Morgan fingerprint density at radius 3 is 2.61 bits per heavy atom. The van der Waals surface area contributed by atoms with Crippen LogP contribution in [0.15, 0.2) is 48.5 Å². The molecule has 1 saturated carbocycles. The molecule has 0 amide bonds. The standard InChI is InChI=1S/C21H24O2/c1-16-10-12-17(13-11-16)15-23-21-9-5-3-7-19(21)14-18-6-2-4-8-20(18)22/h3,5,7,9-13,18H,2,4,6,8,14-15H2,1H3. The second-order valence-corrected chi connectivity index (χ2v) is 6.50. The summed E-state index contributed by atoms with van der Waals surface area (Å²) in [5.74, 6) is 1.50. The third-order valence-corrected chi connectivity index (χ3v) is 4.63. The van der Waals surface area contributed by atoms with Crippen molar-refractivity contribution in [2.24, 2.45) is 5.92 Å². The minimum absolute atomic E-state index is 0.174. The van der Waals surface area contributed by atoms with Crippen LogP contribution in [0.4, 0.5) is 0 Å². The average molecular weight is 308 g/mol. The van der Waals surface area contributed by atoms with Crippen LogP contribution in [0.25, 0.3) is 0 Å². The van der Waals surface area contributed by atoms with Crippen LogP contribution >= 0.6 is 0 Å². The van der Waals surface area contributed by atoms with Crippen LogP contribution in [0.3, 0.4) is 0 Å². The van der Waals surface area contributed by atoms with Crippen molar-refractivity contribution >= 4 is 5.78 Å². The van der Waals surface area contributed by atoms with Crippen LogP contribution < -0.4 is 4.74 Å². The van der Waals surface area contributed by atoms with E-state index in [2.05, 4.69) is 37.3 Å². The molecular weight excluding hydrogens is 284 g/mol. The molecule has 23 heavy (non-hydrogen) atoms. The van der Waals surface area contributed by atoms with Crippen molar-refractivity contribution in [1.82, 2.24) is 0 Å². The summed E-state index contributed by atoms with van der Waals surface area (Å²) < 4.78 is 6.03. The first-order valence-electron chi connectivity index (χ1n) is 8.51. The first kappa shape index (κ1) is 15.8. The lowest BCUT2D eigenvalue weighted by molar-refractivity contribution is -0.124. The molecule has 0 heterocycles. The van der Waals surface area contributed by atoms with Gasteiger partial charge in [-0.05, 0) is 43.4 Å². The molecule has 2 aromatic carbocycles. The van der Waals surface area contributed by atoms with Crippen LogP contribution in [0, 0.1) is 12.8 Å². The molecule has 0 N–H and O–H groups in total. The summed E-state index contributed by atoms with van der Waals surface area (Å²) in [6.07, 6.45) is 4.80. The molecule has 1 atom stereocenters. The summed E-state index contributed by atoms with van der Waals surface area (Å²) in [7, 11) is 0. The Hall–Kier alpha value is -2.09. The summed E-state index contributed by atoms with van der Waals surface area (Å²) in [4.78, 5) is 12.1. The second kappa shape index (κ2) is 7.45. The molecule has 0 bridgehead atoms. The predicted molar refractivity (Wildman–Crippen MR) is 92.6 cm³/mol. The highest BCUT2D eigenvalue weighted by atomic mass is 16.5. The number of hydrogen-bond acceptors (Lipinski definition) is 2. The van der Waals surface area contributed by atoms with Crippen molar-refractivity contribution in [3.63, 3.8) is 0 Å². The number of benzene rings is 2. The van der Waals surface area contributed by atoms with E-state index in [-0.39, 0.29) is 5.92 Å². The van der Waals surface area contributed by atoms with Crippen LogP contribution in [0.5, 0.6) is 5.75 Å². The molecule has 0 radical (unpaired) electrons. The fraction of sp³-hybridized carbons (Fsp3) is 0.381. The summed E-state index contributed by atoms with van der Waals surface area (Å²) in [6.45, 7) is 2.65. The summed E-state index contributed by atoms with van der Waals surface area (Å²) >= 11 is 0. The molecule has 1 fully saturated rings. The summed E-state index contributed by atoms with van der Waals surface area (Å²) in [5, 5.41) is 0. The van der Waals surface area contributed by atoms with Gasteiger partial charge in [0.2, 0.25) is 0 Å². The maximum Gasteiger partial charge on any atom is 0.136 e. The number of ketones is 1. The van der Waals surface area contributed by atoms with E-state index in [9.17, 15) is 4.79 Å². The lowest BCUT2D eigenvalue weighted by atomic mass is 9.83. The van der Waals surface area contributed by atoms with Gasteiger partial charge >= 0.3 is 0 Å². The zero-order chi connectivity index (χ0) is 16.1. The Bertz CT molecular complexity index is 658. The largest absolute Gasteiger partial charge is 0.489 e. The molecule has 1 unspecified atom stereocenters. The van der Waals surface area contributed by atoms with Gasteiger partial charge in [-0.3, -0.25) is 4.79 Å². The van der Waals surface area contributed by atoms with Gasteiger partial charge in [0.25, 0.3) is 0 Å². The minimum Gasteiger partial charge on any atom is -0.489 e. The molecule has 3 rings (SSSR count). The maximum absolute atomic E-state index is 12.1. The van der Waals surface area contributed by atoms with E-state index in [4.69, 9.17) is 4.74 Å². The predicted octanol–water partition coefficient (Wildman–Crippen LogP) is 4.88. The van der Waals surface area contributed by atoms with E-state index in [1.165, 1.54) is 17.5 Å². The van der Waals surface area contributed by atoms with Gasteiger partial charge in [0, 0.05) is 12.3 Å². The molecular formula is C21H24O2. The third kappa shape index (κ3) is 4.22. The van der Waals surface area contributed by atoms with Gasteiger partial charge < -0.3 is 4.74 Å². The van der Waals surface area contributed by atoms with Gasteiger partial charge in [-0.25, -0.2) is 0 Å². The summed E-state index contributed by atoms with van der Waals surface area (Å²) in [5.41, 5.74) is 3.57. The number of para-hydroxylation sites is 1. The van der Waals surface area contributed by atoms with Crippen LogP contribution in [0.2, 0.25) is 0 Å².